The van der Waals surface area contributed by atoms with Gasteiger partial charge in [0.15, 0.2) is 0 Å². The number of hydrogen-bond acceptors (Lipinski definition) is 4. The average Bonchev–Trinajstić information content (AvgIpc) is 2.45. The van der Waals surface area contributed by atoms with Gasteiger partial charge in [-0.3, -0.25) is 0 Å². The van der Waals surface area contributed by atoms with Crippen LogP contribution in [0.4, 0.5) is 5.82 Å². The van der Waals surface area contributed by atoms with Crippen LogP contribution in [-0.4, -0.2) is 36.9 Å². The van der Waals surface area contributed by atoms with Gasteiger partial charge in [0.05, 0.1) is 24.8 Å². The molecule has 0 amide bonds. The highest BCUT2D eigenvalue weighted by Gasteiger charge is 2.13. The molecule has 1 unspecified atom stereocenters. The third kappa shape index (κ3) is 2.85. The summed E-state index contributed by atoms with van der Waals surface area (Å²) in [6, 6.07) is 10.0. The minimum Gasteiger partial charge on any atom is -0.392 e. The van der Waals surface area contributed by atoms with Gasteiger partial charge in [-0.15, -0.1) is 0 Å². The van der Waals surface area contributed by atoms with E-state index in [-0.39, 0.29) is 12.6 Å². The van der Waals surface area contributed by atoms with E-state index in [1.807, 2.05) is 37.4 Å². The Labute approximate surface area is 113 Å². The van der Waals surface area contributed by atoms with Gasteiger partial charge in [-0.1, -0.05) is 18.2 Å². The summed E-state index contributed by atoms with van der Waals surface area (Å²) >= 11 is 0. The van der Waals surface area contributed by atoms with E-state index < -0.39 is 0 Å². The Morgan fingerprint density at radius 2 is 2.11 bits per heavy atom. The number of likely N-dealkylation sites (N-methyl/N-ethyl adjacent to an activating group) is 1. The van der Waals surface area contributed by atoms with E-state index >= 15 is 0 Å². The molecule has 19 heavy (non-hydrogen) atoms. The molecule has 4 heteroatoms. The molecule has 0 aliphatic rings. The zero-order chi connectivity index (χ0) is 13.8. The van der Waals surface area contributed by atoms with E-state index in [0.29, 0.717) is 6.61 Å². The number of aliphatic hydroxyl groups is 1. The average molecular weight is 260 g/mol. The van der Waals surface area contributed by atoms with Crippen molar-refractivity contribution in [3.8, 4) is 0 Å². The normalized spacial score (nSPS) is 12.6. The summed E-state index contributed by atoms with van der Waals surface area (Å²) in [5.41, 5.74) is 1.80. The number of anilines is 1. The third-order valence-corrected chi connectivity index (χ3v) is 3.39. The summed E-state index contributed by atoms with van der Waals surface area (Å²) in [5, 5.41) is 10.5. The summed E-state index contributed by atoms with van der Waals surface area (Å²) in [6.45, 7) is 2.74. The SMILES string of the molecule is COCC(C)N(C)c1cc(CO)c2ccccc2n1. The Hall–Kier alpha value is -1.65. The number of aliphatic hydroxyl groups excluding tert-OH is 1. The van der Waals surface area contributed by atoms with Crippen LogP contribution in [0.1, 0.15) is 12.5 Å². The number of ether oxygens (including phenoxy) is 1. The number of methoxy groups -OCH3 is 1. The quantitative estimate of drug-likeness (QED) is 0.895. The van der Waals surface area contributed by atoms with Crippen LogP contribution in [-0.2, 0) is 11.3 Å². The van der Waals surface area contributed by atoms with Crippen molar-refractivity contribution in [3.63, 3.8) is 0 Å². The topological polar surface area (TPSA) is 45.6 Å². The summed E-state index contributed by atoms with van der Waals surface area (Å²) in [6.07, 6.45) is 0. The molecule has 0 saturated heterocycles. The Morgan fingerprint density at radius 1 is 1.37 bits per heavy atom. The lowest BCUT2D eigenvalue weighted by Crippen LogP contribution is -2.33. The van der Waals surface area contributed by atoms with Crippen molar-refractivity contribution in [2.75, 3.05) is 25.7 Å². The molecule has 0 fully saturated rings. The predicted octanol–water partition coefficient (Wildman–Crippen LogP) is 2.20. The molecule has 1 aromatic carbocycles. The van der Waals surface area contributed by atoms with Gasteiger partial charge >= 0.3 is 0 Å². The molecule has 0 aliphatic heterocycles. The van der Waals surface area contributed by atoms with E-state index in [2.05, 4.69) is 16.8 Å². The maximum Gasteiger partial charge on any atom is 0.129 e. The molecular formula is C15H20N2O2. The predicted molar refractivity (Wildman–Crippen MR) is 77.4 cm³/mol. The zero-order valence-electron chi connectivity index (χ0n) is 11.6. The standard InChI is InChI=1S/C15H20N2O2/c1-11(10-19-3)17(2)15-8-12(9-18)13-6-4-5-7-14(13)16-15/h4-8,11,18H,9-10H2,1-3H3. The van der Waals surface area contributed by atoms with Crippen LogP contribution in [0.5, 0.6) is 0 Å². The first-order chi connectivity index (χ1) is 9.17. The van der Waals surface area contributed by atoms with Gasteiger partial charge < -0.3 is 14.7 Å². The second kappa shape index (κ2) is 5.99. The van der Waals surface area contributed by atoms with Crippen molar-refractivity contribution in [3.05, 3.63) is 35.9 Å². The van der Waals surface area contributed by atoms with Crippen molar-refractivity contribution < 1.29 is 9.84 Å². The lowest BCUT2D eigenvalue weighted by atomic mass is 10.1. The monoisotopic (exact) mass is 260 g/mol. The molecule has 4 nitrogen and oxygen atoms in total. The number of pyridine rings is 1. The summed E-state index contributed by atoms with van der Waals surface area (Å²) in [5.74, 6) is 0.854. The summed E-state index contributed by atoms with van der Waals surface area (Å²) < 4.78 is 5.17. The van der Waals surface area contributed by atoms with Crippen molar-refractivity contribution in [2.45, 2.75) is 19.6 Å². The number of hydrogen-bond donors (Lipinski definition) is 1. The van der Waals surface area contributed by atoms with Crippen molar-refractivity contribution in [2.24, 2.45) is 0 Å². The van der Waals surface area contributed by atoms with E-state index in [1.54, 1.807) is 7.11 Å². The van der Waals surface area contributed by atoms with Crippen LogP contribution in [0.2, 0.25) is 0 Å². The van der Waals surface area contributed by atoms with Crippen LogP contribution >= 0.6 is 0 Å². The first kappa shape index (κ1) is 13.8. The largest absolute Gasteiger partial charge is 0.392 e. The molecule has 102 valence electrons. The van der Waals surface area contributed by atoms with Gasteiger partial charge in [0.1, 0.15) is 5.82 Å². The van der Waals surface area contributed by atoms with Crippen LogP contribution < -0.4 is 4.90 Å². The molecule has 1 heterocycles. The zero-order valence-corrected chi connectivity index (χ0v) is 11.6. The van der Waals surface area contributed by atoms with E-state index in [9.17, 15) is 5.11 Å². The van der Waals surface area contributed by atoms with Crippen LogP contribution in [0.3, 0.4) is 0 Å². The third-order valence-electron chi connectivity index (χ3n) is 3.39. The van der Waals surface area contributed by atoms with Crippen molar-refractivity contribution in [1.82, 2.24) is 4.98 Å². The molecule has 0 saturated carbocycles. The fourth-order valence-electron chi connectivity index (χ4n) is 2.12. The second-order valence-corrected chi connectivity index (χ2v) is 4.73. The molecule has 0 spiro atoms. The molecule has 2 rings (SSSR count). The Bertz CT molecular complexity index is 557. The molecule has 0 aliphatic carbocycles. The lowest BCUT2D eigenvalue weighted by molar-refractivity contribution is 0.183. The van der Waals surface area contributed by atoms with E-state index in [4.69, 9.17) is 4.74 Å². The van der Waals surface area contributed by atoms with Gasteiger partial charge in [0.2, 0.25) is 0 Å². The maximum atomic E-state index is 9.51. The van der Waals surface area contributed by atoms with Gasteiger partial charge in [0, 0.05) is 19.5 Å². The van der Waals surface area contributed by atoms with Gasteiger partial charge in [-0.2, -0.15) is 0 Å². The fourth-order valence-corrected chi connectivity index (χ4v) is 2.12. The van der Waals surface area contributed by atoms with Crippen molar-refractivity contribution >= 4 is 16.7 Å². The van der Waals surface area contributed by atoms with Gasteiger partial charge in [-0.25, -0.2) is 4.98 Å². The molecule has 0 bridgehead atoms. The lowest BCUT2D eigenvalue weighted by Gasteiger charge is -2.26. The number of fused-ring (bicyclic) bond motifs is 1. The molecule has 1 aromatic heterocycles. The van der Waals surface area contributed by atoms with Crippen LogP contribution in [0.25, 0.3) is 10.9 Å². The van der Waals surface area contributed by atoms with Crippen LogP contribution in [0, 0.1) is 0 Å². The Balaban J connectivity index is 2.44. The van der Waals surface area contributed by atoms with Gasteiger partial charge in [-0.05, 0) is 24.6 Å². The molecule has 1 N–H and O–H groups in total. The minimum absolute atomic E-state index is 0.0164. The number of para-hydroxylation sites is 1. The first-order valence-electron chi connectivity index (χ1n) is 6.38. The molecular weight excluding hydrogens is 240 g/mol. The highest BCUT2D eigenvalue weighted by molar-refractivity contribution is 5.84. The molecule has 1 atom stereocenters. The van der Waals surface area contributed by atoms with E-state index in [0.717, 1.165) is 22.3 Å². The highest BCUT2D eigenvalue weighted by Crippen LogP contribution is 2.23. The van der Waals surface area contributed by atoms with Gasteiger partial charge in [0.25, 0.3) is 0 Å². The number of nitrogens with zero attached hydrogens (tertiary/aromatic N) is 2. The Morgan fingerprint density at radius 3 is 2.79 bits per heavy atom. The number of rotatable bonds is 5. The first-order valence-corrected chi connectivity index (χ1v) is 6.38. The van der Waals surface area contributed by atoms with E-state index in [1.165, 1.54) is 0 Å². The van der Waals surface area contributed by atoms with Crippen molar-refractivity contribution in [1.29, 1.82) is 0 Å². The minimum atomic E-state index is 0.0164. The number of aromatic nitrogens is 1. The summed E-state index contributed by atoms with van der Waals surface area (Å²) in [4.78, 5) is 6.71. The second-order valence-electron chi connectivity index (χ2n) is 4.73. The Kier molecular flexibility index (Phi) is 4.35. The highest BCUT2D eigenvalue weighted by atomic mass is 16.5. The van der Waals surface area contributed by atoms with Crippen LogP contribution in [0.15, 0.2) is 30.3 Å². The molecule has 2 aromatic rings. The fraction of sp³-hybridized carbons (Fsp3) is 0.400. The summed E-state index contributed by atoms with van der Waals surface area (Å²) in [7, 11) is 3.68. The molecule has 0 radical (unpaired) electrons. The number of benzene rings is 1. The maximum absolute atomic E-state index is 9.51. The smallest absolute Gasteiger partial charge is 0.129 e.